The van der Waals surface area contributed by atoms with Crippen LogP contribution < -0.4 is 24.7 Å². The highest BCUT2D eigenvalue weighted by Gasteiger charge is 2.22. The molecule has 0 unspecified atom stereocenters. The normalized spacial score (nSPS) is 10.7. The zero-order valence-electron chi connectivity index (χ0n) is 19.5. The van der Waals surface area contributed by atoms with Gasteiger partial charge in [-0.05, 0) is 48.2 Å². The van der Waals surface area contributed by atoms with Crippen molar-refractivity contribution in [1.29, 1.82) is 0 Å². The van der Waals surface area contributed by atoms with E-state index in [0.717, 1.165) is 16.5 Å². The molecule has 0 aliphatic heterocycles. The smallest absolute Gasteiger partial charge is 0.258 e. The number of nitrogens with one attached hydrogen (secondary N) is 1. The molecule has 1 heterocycles. The number of methoxy groups -OCH3 is 3. The zero-order chi connectivity index (χ0) is 24.2. The average molecular weight is 459 g/mol. The SMILES string of the molecule is COc1cc(OC)cc(C(=O)N(Cc2cc3cccc(C)c3[nH]c2=O)c2cccc(OC)c2)c1. The van der Waals surface area contributed by atoms with E-state index in [1.54, 1.807) is 54.5 Å². The second-order valence-corrected chi connectivity index (χ2v) is 7.86. The molecule has 0 saturated heterocycles. The first kappa shape index (κ1) is 22.9. The van der Waals surface area contributed by atoms with Gasteiger partial charge in [0.25, 0.3) is 11.5 Å². The van der Waals surface area contributed by atoms with E-state index in [-0.39, 0.29) is 18.0 Å². The fourth-order valence-corrected chi connectivity index (χ4v) is 3.86. The molecule has 7 nitrogen and oxygen atoms in total. The summed E-state index contributed by atoms with van der Waals surface area (Å²) in [4.78, 5) is 31.3. The molecule has 0 saturated carbocycles. The number of benzene rings is 3. The van der Waals surface area contributed by atoms with Gasteiger partial charge in [0.2, 0.25) is 0 Å². The second-order valence-electron chi connectivity index (χ2n) is 7.86. The van der Waals surface area contributed by atoms with Gasteiger partial charge in [0.05, 0.1) is 33.4 Å². The fourth-order valence-electron chi connectivity index (χ4n) is 3.86. The number of H-pyrrole nitrogens is 1. The molecule has 4 rings (SSSR count). The maximum absolute atomic E-state index is 13.8. The Balaban J connectivity index is 1.83. The molecule has 0 aliphatic rings. The standard InChI is InChI=1S/C27H26N2O5/c1-17-7-5-8-18-11-20(26(30)28-25(17)18)16-29(21-9-6-10-22(14-21)32-2)27(31)19-12-23(33-3)15-24(13-19)34-4/h5-15H,16H2,1-4H3,(H,28,30). The summed E-state index contributed by atoms with van der Waals surface area (Å²) in [7, 11) is 4.62. The number of carbonyl (C=O) groups is 1. The van der Waals surface area contributed by atoms with Crippen LogP contribution in [0.3, 0.4) is 0 Å². The van der Waals surface area contributed by atoms with Crippen molar-refractivity contribution in [2.75, 3.05) is 26.2 Å². The van der Waals surface area contributed by atoms with Crippen molar-refractivity contribution in [2.24, 2.45) is 0 Å². The zero-order valence-corrected chi connectivity index (χ0v) is 19.5. The highest BCUT2D eigenvalue weighted by atomic mass is 16.5. The minimum absolute atomic E-state index is 0.0603. The van der Waals surface area contributed by atoms with E-state index in [9.17, 15) is 9.59 Å². The van der Waals surface area contributed by atoms with Crippen LogP contribution in [0.4, 0.5) is 5.69 Å². The van der Waals surface area contributed by atoms with Gasteiger partial charge in [0.15, 0.2) is 0 Å². The number of nitrogens with zero attached hydrogens (tertiary/aromatic N) is 1. The fraction of sp³-hybridized carbons (Fsp3) is 0.185. The summed E-state index contributed by atoms with van der Waals surface area (Å²) < 4.78 is 16.0. The third kappa shape index (κ3) is 4.59. The van der Waals surface area contributed by atoms with Gasteiger partial charge in [-0.1, -0.05) is 24.3 Å². The second kappa shape index (κ2) is 9.70. The Morgan fingerprint density at radius 1 is 0.853 bits per heavy atom. The predicted octanol–water partition coefficient (Wildman–Crippen LogP) is 4.71. The van der Waals surface area contributed by atoms with Crippen LogP contribution in [0.1, 0.15) is 21.5 Å². The molecule has 1 aromatic heterocycles. The first-order valence-electron chi connectivity index (χ1n) is 10.7. The largest absolute Gasteiger partial charge is 0.497 e. The molecule has 7 heteroatoms. The molecular formula is C27H26N2O5. The van der Waals surface area contributed by atoms with Crippen molar-refractivity contribution in [2.45, 2.75) is 13.5 Å². The van der Waals surface area contributed by atoms with Crippen molar-refractivity contribution in [3.8, 4) is 17.2 Å². The van der Waals surface area contributed by atoms with E-state index in [1.807, 2.05) is 31.2 Å². The van der Waals surface area contributed by atoms with E-state index in [2.05, 4.69) is 4.98 Å². The van der Waals surface area contributed by atoms with Gasteiger partial charge < -0.3 is 24.1 Å². The maximum atomic E-state index is 13.8. The molecule has 0 spiro atoms. The van der Waals surface area contributed by atoms with Crippen LogP contribution in [0.15, 0.2) is 71.5 Å². The van der Waals surface area contributed by atoms with Crippen LogP contribution >= 0.6 is 0 Å². The predicted molar refractivity (Wildman–Crippen MR) is 132 cm³/mol. The number of hydrogen-bond donors (Lipinski definition) is 1. The molecule has 0 atom stereocenters. The topological polar surface area (TPSA) is 80.9 Å². The average Bonchev–Trinajstić information content (AvgIpc) is 2.87. The molecule has 0 fully saturated rings. The van der Waals surface area contributed by atoms with Crippen LogP contribution in [0.25, 0.3) is 10.9 Å². The van der Waals surface area contributed by atoms with Crippen molar-refractivity contribution in [1.82, 2.24) is 4.98 Å². The Labute approximate surface area is 197 Å². The van der Waals surface area contributed by atoms with Crippen LogP contribution in [0.5, 0.6) is 17.2 Å². The number of amides is 1. The summed E-state index contributed by atoms with van der Waals surface area (Å²) >= 11 is 0. The number of fused-ring (bicyclic) bond motifs is 1. The van der Waals surface area contributed by atoms with Gasteiger partial charge in [-0.15, -0.1) is 0 Å². The summed E-state index contributed by atoms with van der Waals surface area (Å²) in [5, 5.41) is 0.899. The van der Waals surface area contributed by atoms with Crippen LogP contribution in [-0.2, 0) is 6.54 Å². The molecule has 34 heavy (non-hydrogen) atoms. The number of pyridine rings is 1. The number of anilines is 1. The molecule has 0 radical (unpaired) electrons. The molecular weight excluding hydrogens is 432 g/mol. The number of ether oxygens (including phenoxy) is 3. The number of carbonyl (C=O) groups excluding carboxylic acids is 1. The van der Waals surface area contributed by atoms with Crippen LogP contribution in [0, 0.1) is 6.92 Å². The Kier molecular flexibility index (Phi) is 6.54. The van der Waals surface area contributed by atoms with Gasteiger partial charge in [-0.2, -0.15) is 0 Å². The lowest BCUT2D eigenvalue weighted by Gasteiger charge is -2.24. The monoisotopic (exact) mass is 458 g/mol. The molecule has 0 aliphatic carbocycles. The van der Waals surface area contributed by atoms with Crippen LogP contribution in [0.2, 0.25) is 0 Å². The molecule has 1 amide bonds. The first-order chi connectivity index (χ1) is 16.4. The van der Waals surface area contributed by atoms with E-state index in [1.165, 1.54) is 14.2 Å². The summed E-state index contributed by atoms with van der Waals surface area (Å²) in [5.74, 6) is 1.27. The van der Waals surface area contributed by atoms with Crippen molar-refractivity contribution in [3.63, 3.8) is 0 Å². The van der Waals surface area contributed by atoms with E-state index in [0.29, 0.717) is 34.1 Å². The minimum Gasteiger partial charge on any atom is -0.497 e. The van der Waals surface area contributed by atoms with E-state index in [4.69, 9.17) is 14.2 Å². The Morgan fingerprint density at radius 3 is 2.21 bits per heavy atom. The summed E-state index contributed by atoms with van der Waals surface area (Å²) in [6.07, 6.45) is 0. The molecule has 1 N–H and O–H groups in total. The molecule has 174 valence electrons. The number of rotatable bonds is 7. The minimum atomic E-state index is -0.311. The lowest BCUT2D eigenvalue weighted by atomic mass is 10.1. The summed E-state index contributed by atoms with van der Waals surface area (Å²) in [6.45, 7) is 2.00. The van der Waals surface area contributed by atoms with Gasteiger partial charge >= 0.3 is 0 Å². The van der Waals surface area contributed by atoms with Gasteiger partial charge in [0, 0.05) is 28.9 Å². The maximum Gasteiger partial charge on any atom is 0.258 e. The Morgan fingerprint density at radius 2 is 1.53 bits per heavy atom. The van der Waals surface area contributed by atoms with Crippen molar-refractivity contribution < 1.29 is 19.0 Å². The summed E-state index contributed by atoms with van der Waals surface area (Å²) in [6, 6.07) is 19.8. The Bertz CT molecular complexity index is 1390. The van der Waals surface area contributed by atoms with Gasteiger partial charge in [-0.25, -0.2) is 0 Å². The first-order valence-corrected chi connectivity index (χ1v) is 10.7. The number of aryl methyl sites for hydroxylation is 1. The lowest BCUT2D eigenvalue weighted by molar-refractivity contribution is 0.0984. The van der Waals surface area contributed by atoms with Crippen molar-refractivity contribution in [3.05, 3.63) is 93.8 Å². The molecule has 4 aromatic rings. The van der Waals surface area contributed by atoms with Crippen LogP contribution in [-0.4, -0.2) is 32.2 Å². The quantitative estimate of drug-likeness (QED) is 0.434. The molecule has 0 bridgehead atoms. The Hall–Kier alpha value is -4.26. The highest BCUT2D eigenvalue weighted by Crippen LogP contribution is 2.28. The summed E-state index contributed by atoms with van der Waals surface area (Å²) in [5.41, 5.74) is 2.94. The number of aromatic nitrogens is 1. The van der Waals surface area contributed by atoms with E-state index >= 15 is 0 Å². The number of hydrogen-bond acceptors (Lipinski definition) is 5. The lowest BCUT2D eigenvalue weighted by Crippen LogP contribution is -2.33. The number of aromatic amines is 1. The van der Waals surface area contributed by atoms with Crippen molar-refractivity contribution >= 4 is 22.5 Å². The van der Waals surface area contributed by atoms with E-state index < -0.39 is 0 Å². The molecule has 3 aromatic carbocycles. The van der Waals surface area contributed by atoms with Gasteiger partial charge in [-0.3, -0.25) is 9.59 Å². The highest BCUT2D eigenvalue weighted by molar-refractivity contribution is 6.06. The third-order valence-corrected chi connectivity index (χ3v) is 5.70. The third-order valence-electron chi connectivity index (χ3n) is 5.70. The van der Waals surface area contributed by atoms with Gasteiger partial charge in [0.1, 0.15) is 17.2 Å². The number of para-hydroxylation sites is 1.